The van der Waals surface area contributed by atoms with Gasteiger partial charge in [-0.2, -0.15) is 0 Å². The van der Waals surface area contributed by atoms with E-state index in [9.17, 15) is 0 Å². The fourth-order valence-electron chi connectivity index (χ4n) is 2.90. The highest BCUT2D eigenvalue weighted by atomic mass is 15.0. The molecule has 0 fully saturated rings. The topological polar surface area (TPSA) is 56.0 Å². The molecule has 0 aliphatic heterocycles. The van der Waals surface area contributed by atoms with Gasteiger partial charge in [0.25, 0.3) is 0 Å². The van der Waals surface area contributed by atoms with Crippen LogP contribution in [-0.2, 0) is 12.8 Å². The summed E-state index contributed by atoms with van der Waals surface area (Å²) in [5.41, 5.74) is 5.34. The van der Waals surface area contributed by atoms with Crippen LogP contribution in [-0.4, -0.2) is 24.3 Å². The summed E-state index contributed by atoms with van der Waals surface area (Å²) in [7, 11) is 0. The molecule has 5 nitrogen and oxygen atoms in total. The molecule has 0 atom stereocenters. The minimum Gasteiger partial charge on any atom is -0.306 e. The van der Waals surface area contributed by atoms with Crippen molar-refractivity contribution in [2.45, 2.75) is 12.8 Å². The molecule has 0 aliphatic rings. The number of imidazole rings is 1. The van der Waals surface area contributed by atoms with Crippen LogP contribution >= 0.6 is 0 Å². The largest absolute Gasteiger partial charge is 0.306 e. The maximum atomic E-state index is 4.77. The molecule has 0 radical (unpaired) electrons. The smallest absolute Gasteiger partial charge is 0.146 e. The van der Waals surface area contributed by atoms with Gasteiger partial charge in [0.1, 0.15) is 5.65 Å². The predicted molar refractivity (Wildman–Crippen MR) is 100 cm³/mol. The predicted octanol–water partition coefficient (Wildman–Crippen LogP) is 3.74. The molecule has 0 unspecified atom stereocenters. The van der Waals surface area contributed by atoms with Crippen LogP contribution in [0.2, 0.25) is 0 Å². The average Bonchev–Trinajstić information content (AvgIpc) is 3.09. The van der Waals surface area contributed by atoms with Crippen molar-refractivity contribution in [3.8, 4) is 0 Å². The van der Waals surface area contributed by atoms with Crippen molar-refractivity contribution in [2.24, 2.45) is 0 Å². The Balaban J connectivity index is 1.62. The Morgan fingerprint density at radius 2 is 1.80 bits per heavy atom. The second-order valence-electron chi connectivity index (χ2n) is 5.76. The molecule has 0 spiro atoms. The third kappa shape index (κ3) is 2.80. The monoisotopic (exact) mass is 327 g/mol. The van der Waals surface area contributed by atoms with Crippen LogP contribution in [0.1, 0.15) is 22.8 Å². The first-order valence-corrected chi connectivity index (χ1v) is 8.10. The summed E-state index contributed by atoms with van der Waals surface area (Å²) in [5.74, 6) is 0. The maximum Gasteiger partial charge on any atom is 0.146 e. The van der Waals surface area contributed by atoms with Gasteiger partial charge in [0.05, 0.1) is 28.3 Å². The van der Waals surface area contributed by atoms with Gasteiger partial charge in [0.2, 0.25) is 0 Å². The van der Waals surface area contributed by atoms with Crippen molar-refractivity contribution in [3.63, 3.8) is 0 Å². The molecule has 4 rings (SSSR count). The van der Waals surface area contributed by atoms with Crippen molar-refractivity contribution in [1.82, 2.24) is 24.3 Å². The second-order valence-corrected chi connectivity index (χ2v) is 5.76. The molecule has 0 saturated carbocycles. The lowest BCUT2D eigenvalue weighted by molar-refractivity contribution is 0.873. The van der Waals surface area contributed by atoms with Gasteiger partial charge in [0.15, 0.2) is 0 Å². The fraction of sp³-hybridized carbons (Fsp3) is 0.100. The standard InChI is InChI=1S/C20H17N5/c1-3-17-18(4-2)23-14(12-22-17)7-8-15-13-25-11-9-19-16(20(25)24-15)6-5-10-21-19/h3-6,9-13H,1-2,7-8H2. The summed E-state index contributed by atoms with van der Waals surface area (Å²) >= 11 is 0. The lowest BCUT2D eigenvalue weighted by atomic mass is 10.2. The van der Waals surface area contributed by atoms with Gasteiger partial charge >= 0.3 is 0 Å². The van der Waals surface area contributed by atoms with Gasteiger partial charge in [-0.1, -0.05) is 13.2 Å². The van der Waals surface area contributed by atoms with E-state index in [0.717, 1.165) is 52.2 Å². The van der Waals surface area contributed by atoms with E-state index in [1.807, 2.05) is 28.8 Å². The van der Waals surface area contributed by atoms with Crippen molar-refractivity contribution in [3.05, 3.63) is 78.9 Å². The number of nitrogens with zero attached hydrogens (tertiary/aromatic N) is 5. The maximum absolute atomic E-state index is 4.77. The fourth-order valence-corrected chi connectivity index (χ4v) is 2.90. The normalized spacial score (nSPS) is 11.0. The Hall–Kier alpha value is -3.34. The highest BCUT2D eigenvalue weighted by Gasteiger charge is 2.08. The van der Waals surface area contributed by atoms with E-state index < -0.39 is 0 Å². The van der Waals surface area contributed by atoms with Gasteiger partial charge in [-0.25, -0.2) is 9.97 Å². The van der Waals surface area contributed by atoms with Crippen molar-refractivity contribution >= 4 is 28.7 Å². The molecule has 25 heavy (non-hydrogen) atoms. The number of hydrogen-bond acceptors (Lipinski definition) is 4. The molecule has 4 aromatic rings. The Kier molecular flexibility index (Phi) is 3.82. The molecular formula is C20H17N5. The molecule has 0 N–H and O–H groups in total. The van der Waals surface area contributed by atoms with Crippen molar-refractivity contribution in [1.29, 1.82) is 0 Å². The number of rotatable bonds is 5. The molecule has 0 aromatic carbocycles. The molecule has 0 bridgehead atoms. The van der Waals surface area contributed by atoms with Gasteiger partial charge in [0, 0.05) is 30.2 Å². The van der Waals surface area contributed by atoms with Gasteiger partial charge < -0.3 is 4.40 Å². The zero-order valence-corrected chi connectivity index (χ0v) is 13.8. The van der Waals surface area contributed by atoms with E-state index in [2.05, 4.69) is 34.3 Å². The Morgan fingerprint density at radius 3 is 2.64 bits per heavy atom. The first kappa shape index (κ1) is 15.2. The van der Waals surface area contributed by atoms with E-state index >= 15 is 0 Å². The van der Waals surface area contributed by atoms with Crippen LogP contribution in [0.15, 0.2) is 56.1 Å². The highest BCUT2D eigenvalue weighted by Crippen LogP contribution is 2.18. The number of aromatic nitrogens is 5. The zero-order chi connectivity index (χ0) is 17.2. The first-order chi connectivity index (χ1) is 12.3. The highest BCUT2D eigenvalue weighted by molar-refractivity contribution is 5.91. The third-order valence-electron chi connectivity index (χ3n) is 4.16. The van der Waals surface area contributed by atoms with Crippen LogP contribution in [0.25, 0.3) is 28.7 Å². The molecule has 4 heterocycles. The summed E-state index contributed by atoms with van der Waals surface area (Å²) in [6, 6.07) is 5.98. The molecule has 5 heteroatoms. The van der Waals surface area contributed by atoms with E-state index in [1.54, 1.807) is 24.5 Å². The number of pyridine rings is 2. The van der Waals surface area contributed by atoms with Gasteiger partial charge in [-0.3, -0.25) is 9.97 Å². The molecule has 0 saturated heterocycles. The van der Waals surface area contributed by atoms with Crippen LogP contribution in [0, 0.1) is 0 Å². The van der Waals surface area contributed by atoms with E-state index in [0.29, 0.717) is 0 Å². The third-order valence-corrected chi connectivity index (χ3v) is 4.16. The number of hydrogen-bond donors (Lipinski definition) is 0. The lowest BCUT2D eigenvalue weighted by Crippen LogP contribution is -2.00. The van der Waals surface area contributed by atoms with Gasteiger partial charge in [-0.05, 0) is 43.2 Å². The van der Waals surface area contributed by atoms with E-state index in [4.69, 9.17) is 4.98 Å². The molecule has 0 amide bonds. The van der Waals surface area contributed by atoms with Crippen LogP contribution in [0.5, 0.6) is 0 Å². The number of fused-ring (bicyclic) bond motifs is 3. The van der Waals surface area contributed by atoms with Crippen LogP contribution in [0.4, 0.5) is 0 Å². The molecule has 122 valence electrons. The lowest BCUT2D eigenvalue weighted by Gasteiger charge is -2.03. The molecule has 4 aromatic heterocycles. The molecular weight excluding hydrogens is 310 g/mol. The van der Waals surface area contributed by atoms with E-state index in [-0.39, 0.29) is 0 Å². The van der Waals surface area contributed by atoms with Crippen LogP contribution in [0.3, 0.4) is 0 Å². The van der Waals surface area contributed by atoms with E-state index in [1.165, 1.54) is 0 Å². The SMILES string of the molecule is C=Cc1ncc(CCc2cn3ccc4ncccc4c3n2)nc1C=C. The van der Waals surface area contributed by atoms with Gasteiger partial charge in [-0.15, -0.1) is 0 Å². The minimum absolute atomic E-state index is 0.755. The first-order valence-electron chi connectivity index (χ1n) is 8.10. The van der Waals surface area contributed by atoms with Crippen LogP contribution < -0.4 is 0 Å². The molecule has 0 aliphatic carbocycles. The quantitative estimate of drug-likeness (QED) is 0.560. The Labute approximate surface area is 145 Å². The zero-order valence-electron chi connectivity index (χ0n) is 13.8. The summed E-state index contributed by atoms with van der Waals surface area (Å²) in [6.07, 6.45) is 12.6. The summed E-state index contributed by atoms with van der Waals surface area (Å²) < 4.78 is 2.04. The second kappa shape index (κ2) is 6.28. The minimum atomic E-state index is 0.755. The summed E-state index contributed by atoms with van der Waals surface area (Å²) in [6.45, 7) is 7.53. The Morgan fingerprint density at radius 1 is 0.960 bits per heavy atom. The van der Waals surface area contributed by atoms with Crippen molar-refractivity contribution in [2.75, 3.05) is 0 Å². The Bertz CT molecular complexity index is 1090. The van der Waals surface area contributed by atoms with Crippen molar-refractivity contribution < 1.29 is 0 Å². The summed E-state index contributed by atoms with van der Waals surface area (Å²) in [4.78, 5) is 18.1. The number of aryl methyl sites for hydroxylation is 2. The average molecular weight is 327 g/mol. The summed E-state index contributed by atoms with van der Waals surface area (Å²) in [5, 5.41) is 1.06.